The van der Waals surface area contributed by atoms with Crippen LogP contribution in [0.5, 0.6) is 11.5 Å². The first-order valence-corrected chi connectivity index (χ1v) is 11.3. The molecule has 0 saturated carbocycles. The molecule has 1 aromatic carbocycles. The van der Waals surface area contributed by atoms with Crippen LogP contribution in [0.25, 0.3) is 0 Å². The number of amides is 2. The Labute approximate surface area is 191 Å². The van der Waals surface area contributed by atoms with E-state index in [1.165, 1.54) is 6.26 Å². The van der Waals surface area contributed by atoms with Crippen molar-refractivity contribution in [1.82, 2.24) is 10.2 Å². The Bertz CT molecular complexity index is 1070. The maximum absolute atomic E-state index is 14.1. The third-order valence-electron chi connectivity index (χ3n) is 6.67. The van der Waals surface area contributed by atoms with E-state index < -0.39 is 23.5 Å². The van der Waals surface area contributed by atoms with Gasteiger partial charge in [0.25, 0.3) is 5.91 Å². The summed E-state index contributed by atoms with van der Waals surface area (Å²) in [6, 6.07) is 7.60. The van der Waals surface area contributed by atoms with Crippen LogP contribution in [0.3, 0.4) is 0 Å². The third-order valence-corrected chi connectivity index (χ3v) is 6.67. The van der Waals surface area contributed by atoms with E-state index in [2.05, 4.69) is 5.32 Å². The van der Waals surface area contributed by atoms with E-state index in [1.54, 1.807) is 42.2 Å². The second kappa shape index (κ2) is 8.46. The number of ether oxygens (including phenoxy) is 3. The SMILES string of the molecule is CCOC(=O)[C@H]1C[C@]2(CCCCNC2=O)N(C(=O)c2ccc3c(c2)OCO3)[C@H]1c1ccco1. The van der Waals surface area contributed by atoms with E-state index in [-0.39, 0.29) is 31.6 Å². The van der Waals surface area contributed by atoms with Crippen LogP contribution in [0.2, 0.25) is 0 Å². The zero-order valence-electron chi connectivity index (χ0n) is 18.4. The Morgan fingerprint density at radius 3 is 2.85 bits per heavy atom. The van der Waals surface area contributed by atoms with Crippen molar-refractivity contribution >= 4 is 17.8 Å². The van der Waals surface area contributed by atoms with E-state index in [0.29, 0.717) is 35.8 Å². The van der Waals surface area contributed by atoms with E-state index >= 15 is 0 Å². The Hall–Kier alpha value is -3.49. The Morgan fingerprint density at radius 2 is 2.06 bits per heavy atom. The average molecular weight is 454 g/mol. The smallest absolute Gasteiger partial charge is 0.311 e. The molecule has 2 aromatic rings. The number of carbonyl (C=O) groups is 3. The minimum Gasteiger partial charge on any atom is -0.467 e. The molecule has 9 nitrogen and oxygen atoms in total. The Morgan fingerprint density at radius 1 is 1.21 bits per heavy atom. The van der Waals surface area contributed by atoms with Gasteiger partial charge in [0.2, 0.25) is 12.7 Å². The number of rotatable bonds is 4. The molecule has 5 rings (SSSR count). The summed E-state index contributed by atoms with van der Waals surface area (Å²) in [5.41, 5.74) is -0.851. The second-order valence-corrected chi connectivity index (χ2v) is 8.51. The van der Waals surface area contributed by atoms with Crippen LogP contribution in [0.1, 0.15) is 54.8 Å². The molecule has 174 valence electrons. The summed E-state index contributed by atoms with van der Waals surface area (Å²) >= 11 is 0. The van der Waals surface area contributed by atoms with Crippen molar-refractivity contribution in [1.29, 1.82) is 0 Å². The first-order valence-electron chi connectivity index (χ1n) is 11.3. The third kappa shape index (κ3) is 3.51. The van der Waals surface area contributed by atoms with Crippen molar-refractivity contribution < 1.29 is 33.0 Å². The molecule has 3 atom stereocenters. The van der Waals surface area contributed by atoms with Gasteiger partial charge < -0.3 is 28.8 Å². The number of hydrogen-bond donors (Lipinski definition) is 1. The molecule has 2 amide bonds. The first-order chi connectivity index (χ1) is 16.0. The molecule has 9 heteroatoms. The quantitative estimate of drug-likeness (QED) is 0.708. The van der Waals surface area contributed by atoms with Gasteiger partial charge in [0.15, 0.2) is 11.5 Å². The lowest BCUT2D eigenvalue weighted by molar-refractivity contribution is -0.149. The van der Waals surface area contributed by atoms with Crippen molar-refractivity contribution in [2.45, 2.75) is 44.2 Å². The van der Waals surface area contributed by atoms with Crippen LogP contribution in [0, 0.1) is 5.92 Å². The van der Waals surface area contributed by atoms with Crippen LogP contribution >= 0.6 is 0 Å². The molecule has 0 unspecified atom stereocenters. The van der Waals surface area contributed by atoms with E-state index in [1.807, 2.05) is 0 Å². The van der Waals surface area contributed by atoms with Crippen molar-refractivity contribution in [3.05, 3.63) is 47.9 Å². The van der Waals surface area contributed by atoms with Gasteiger partial charge in [-0.15, -0.1) is 0 Å². The minimum atomic E-state index is -1.20. The highest BCUT2D eigenvalue weighted by molar-refractivity contribution is 6.01. The van der Waals surface area contributed by atoms with Crippen molar-refractivity contribution in [3.8, 4) is 11.5 Å². The summed E-state index contributed by atoms with van der Waals surface area (Å²) in [7, 11) is 0. The van der Waals surface area contributed by atoms with Crippen LogP contribution in [-0.4, -0.2) is 48.2 Å². The topological polar surface area (TPSA) is 107 Å². The molecule has 2 saturated heterocycles. The summed E-state index contributed by atoms with van der Waals surface area (Å²) in [4.78, 5) is 42.2. The fraction of sp³-hybridized carbons (Fsp3) is 0.458. The number of benzene rings is 1. The summed E-state index contributed by atoms with van der Waals surface area (Å²) in [5, 5.41) is 2.95. The molecular formula is C24H26N2O7. The average Bonchev–Trinajstić information content (AvgIpc) is 3.54. The lowest BCUT2D eigenvalue weighted by Gasteiger charge is -2.38. The number of nitrogens with one attached hydrogen (secondary N) is 1. The van der Waals surface area contributed by atoms with Crippen molar-refractivity contribution in [2.75, 3.05) is 19.9 Å². The van der Waals surface area contributed by atoms with Crippen molar-refractivity contribution in [2.24, 2.45) is 5.92 Å². The van der Waals surface area contributed by atoms with Crippen LogP contribution in [0.15, 0.2) is 41.0 Å². The normalized spacial score (nSPS) is 26.2. The maximum atomic E-state index is 14.1. The van der Waals surface area contributed by atoms with E-state index in [9.17, 15) is 14.4 Å². The molecule has 1 N–H and O–H groups in total. The summed E-state index contributed by atoms with van der Waals surface area (Å²) < 4.78 is 21.9. The molecule has 0 radical (unpaired) electrons. The predicted molar refractivity (Wildman–Crippen MR) is 115 cm³/mol. The highest BCUT2D eigenvalue weighted by Gasteiger charge is 2.61. The van der Waals surface area contributed by atoms with Crippen LogP contribution in [0.4, 0.5) is 0 Å². The van der Waals surface area contributed by atoms with Gasteiger partial charge in [0.05, 0.1) is 18.8 Å². The highest BCUT2D eigenvalue weighted by Crippen LogP contribution is 2.51. The summed E-state index contributed by atoms with van der Waals surface area (Å²) in [6.07, 6.45) is 3.65. The lowest BCUT2D eigenvalue weighted by Crippen LogP contribution is -2.57. The van der Waals surface area contributed by atoms with Crippen LogP contribution in [-0.2, 0) is 14.3 Å². The number of likely N-dealkylation sites (tertiary alicyclic amines) is 1. The first kappa shape index (κ1) is 21.4. The molecule has 3 aliphatic rings. The van der Waals surface area contributed by atoms with Gasteiger partial charge in [0, 0.05) is 12.1 Å². The van der Waals surface area contributed by atoms with E-state index in [0.717, 1.165) is 12.8 Å². The molecule has 33 heavy (non-hydrogen) atoms. The summed E-state index contributed by atoms with van der Waals surface area (Å²) in [5.74, 6) is -0.348. The number of carbonyl (C=O) groups excluding carboxylic acids is 3. The zero-order valence-corrected chi connectivity index (χ0v) is 18.4. The molecular weight excluding hydrogens is 428 g/mol. The van der Waals surface area contributed by atoms with Gasteiger partial charge in [-0.05, 0) is 62.9 Å². The van der Waals surface area contributed by atoms with Gasteiger partial charge in [-0.25, -0.2) is 0 Å². The number of nitrogens with zero attached hydrogens (tertiary/aromatic N) is 1. The fourth-order valence-corrected chi connectivity index (χ4v) is 5.20. The van der Waals surface area contributed by atoms with E-state index in [4.69, 9.17) is 18.6 Å². The number of hydrogen-bond acceptors (Lipinski definition) is 7. The lowest BCUT2D eigenvalue weighted by atomic mass is 9.86. The molecule has 1 aromatic heterocycles. The predicted octanol–water partition coefficient (Wildman–Crippen LogP) is 2.81. The highest BCUT2D eigenvalue weighted by atomic mass is 16.7. The standard InChI is InChI=1S/C24H26N2O7/c1-2-30-22(28)16-13-24(9-3-4-10-25-23(24)29)26(20(16)18-6-5-11-31-18)21(27)15-7-8-17-19(12-15)33-14-32-17/h5-8,11-12,16,20H,2-4,9-10,13-14H2,1H3,(H,25,29)/t16-,20+,24-/m0/s1. The Kier molecular flexibility index (Phi) is 5.47. The minimum absolute atomic E-state index is 0.0863. The summed E-state index contributed by atoms with van der Waals surface area (Å²) in [6.45, 7) is 2.55. The fourth-order valence-electron chi connectivity index (χ4n) is 5.20. The van der Waals surface area contributed by atoms with Gasteiger partial charge in [-0.2, -0.15) is 0 Å². The number of furan rings is 1. The Balaban J connectivity index is 1.64. The van der Waals surface area contributed by atoms with Gasteiger partial charge in [-0.1, -0.05) is 0 Å². The second-order valence-electron chi connectivity index (χ2n) is 8.51. The number of esters is 1. The molecule has 3 aliphatic heterocycles. The molecule has 0 bridgehead atoms. The van der Waals surface area contributed by atoms with Gasteiger partial charge in [0.1, 0.15) is 17.3 Å². The largest absolute Gasteiger partial charge is 0.467 e. The molecule has 0 aliphatic carbocycles. The van der Waals surface area contributed by atoms with Gasteiger partial charge >= 0.3 is 5.97 Å². The van der Waals surface area contributed by atoms with Gasteiger partial charge in [-0.3, -0.25) is 14.4 Å². The zero-order chi connectivity index (χ0) is 23.0. The monoisotopic (exact) mass is 454 g/mol. The molecule has 2 fully saturated rings. The number of fused-ring (bicyclic) bond motifs is 1. The molecule has 4 heterocycles. The van der Waals surface area contributed by atoms with Crippen molar-refractivity contribution in [3.63, 3.8) is 0 Å². The molecule has 1 spiro atoms. The maximum Gasteiger partial charge on any atom is 0.311 e. The van der Waals surface area contributed by atoms with Crippen LogP contribution < -0.4 is 14.8 Å².